The number of anilines is 1. The van der Waals surface area contributed by atoms with Gasteiger partial charge in [-0.05, 0) is 47.6 Å². The topological polar surface area (TPSA) is 55.2 Å². The summed E-state index contributed by atoms with van der Waals surface area (Å²) in [7, 11) is 0. The van der Waals surface area contributed by atoms with Crippen molar-refractivity contribution in [3.8, 4) is 0 Å². The van der Waals surface area contributed by atoms with Crippen molar-refractivity contribution in [2.75, 3.05) is 5.32 Å². The van der Waals surface area contributed by atoms with Crippen LogP contribution in [-0.4, -0.2) is 11.0 Å². The number of nitrogens with zero attached hydrogens (tertiary/aromatic N) is 1. The SMILES string of the molecule is CCC(CC)Nc1ccc([N+](=O)[O-])c(I)c1. The molecule has 1 N–H and O–H groups in total. The molecule has 0 radical (unpaired) electrons. The van der Waals surface area contributed by atoms with Crippen LogP contribution in [0.3, 0.4) is 0 Å². The Hall–Kier alpha value is -0.850. The van der Waals surface area contributed by atoms with E-state index in [0.29, 0.717) is 9.61 Å². The van der Waals surface area contributed by atoms with Gasteiger partial charge in [0.15, 0.2) is 0 Å². The number of hydrogen-bond acceptors (Lipinski definition) is 3. The first-order valence-electron chi connectivity index (χ1n) is 5.29. The minimum absolute atomic E-state index is 0.163. The van der Waals surface area contributed by atoms with Crippen LogP contribution < -0.4 is 5.32 Å². The summed E-state index contributed by atoms with van der Waals surface area (Å²) in [6, 6.07) is 5.56. The van der Waals surface area contributed by atoms with Gasteiger partial charge in [0.05, 0.1) is 8.49 Å². The molecule has 0 atom stereocenters. The number of nitrogens with one attached hydrogen (secondary N) is 1. The zero-order valence-corrected chi connectivity index (χ0v) is 11.5. The third-order valence-corrected chi connectivity index (χ3v) is 3.36. The molecule has 0 saturated carbocycles. The quantitative estimate of drug-likeness (QED) is 0.506. The lowest BCUT2D eigenvalue weighted by atomic mass is 10.1. The molecule has 0 spiro atoms. The Kier molecular flexibility index (Phi) is 4.98. The highest BCUT2D eigenvalue weighted by atomic mass is 127. The first-order chi connectivity index (χ1) is 7.58. The van der Waals surface area contributed by atoms with E-state index in [0.717, 1.165) is 18.5 Å². The van der Waals surface area contributed by atoms with Crippen molar-refractivity contribution in [3.05, 3.63) is 31.9 Å². The third-order valence-electron chi connectivity index (χ3n) is 2.50. The Labute approximate surface area is 109 Å². The van der Waals surface area contributed by atoms with Gasteiger partial charge in [0.25, 0.3) is 5.69 Å². The van der Waals surface area contributed by atoms with E-state index in [1.54, 1.807) is 12.1 Å². The molecular weight excluding hydrogens is 319 g/mol. The van der Waals surface area contributed by atoms with Crippen LogP contribution in [-0.2, 0) is 0 Å². The second kappa shape index (κ2) is 6.03. The Morgan fingerprint density at radius 2 is 2.06 bits per heavy atom. The molecule has 0 aromatic heterocycles. The molecule has 88 valence electrons. The maximum atomic E-state index is 10.6. The zero-order chi connectivity index (χ0) is 12.1. The summed E-state index contributed by atoms with van der Waals surface area (Å²) in [5.41, 5.74) is 1.11. The average Bonchev–Trinajstić information content (AvgIpc) is 2.25. The summed E-state index contributed by atoms with van der Waals surface area (Å²) in [5.74, 6) is 0. The van der Waals surface area contributed by atoms with Crippen LogP contribution in [0.15, 0.2) is 18.2 Å². The molecule has 0 unspecified atom stereocenters. The Bertz CT molecular complexity index is 378. The normalized spacial score (nSPS) is 10.5. The summed E-state index contributed by atoms with van der Waals surface area (Å²) < 4.78 is 0.665. The minimum Gasteiger partial charge on any atom is -0.382 e. The van der Waals surface area contributed by atoms with Crippen LogP contribution in [0.4, 0.5) is 11.4 Å². The predicted molar refractivity (Wildman–Crippen MR) is 73.8 cm³/mol. The highest BCUT2D eigenvalue weighted by molar-refractivity contribution is 14.1. The van der Waals surface area contributed by atoms with E-state index in [2.05, 4.69) is 19.2 Å². The van der Waals surface area contributed by atoms with Crippen molar-refractivity contribution < 1.29 is 4.92 Å². The Balaban J connectivity index is 2.84. The molecule has 0 saturated heterocycles. The van der Waals surface area contributed by atoms with Crippen molar-refractivity contribution in [3.63, 3.8) is 0 Å². The van der Waals surface area contributed by atoms with Gasteiger partial charge in [0.2, 0.25) is 0 Å². The lowest BCUT2D eigenvalue weighted by Crippen LogP contribution is -2.16. The second-order valence-electron chi connectivity index (χ2n) is 3.58. The summed E-state index contributed by atoms with van der Waals surface area (Å²) in [6.45, 7) is 4.25. The Morgan fingerprint density at radius 3 is 2.50 bits per heavy atom. The lowest BCUT2D eigenvalue weighted by Gasteiger charge is -2.16. The van der Waals surface area contributed by atoms with Crippen LogP contribution in [0.5, 0.6) is 0 Å². The van der Waals surface area contributed by atoms with Gasteiger partial charge in [-0.25, -0.2) is 0 Å². The van der Waals surface area contributed by atoms with E-state index < -0.39 is 0 Å². The van der Waals surface area contributed by atoms with E-state index in [4.69, 9.17) is 0 Å². The number of hydrogen-bond donors (Lipinski definition) is 1. The lowest BCUT2D eigenvalue weighted by molar-refractivity contribution is -0.385. The molecule has 4 nitrogen and oxygen atoms in total. The summed E-state index contributed by atoms with van der Waals surface area (Å²) in [4.78, 5) is 10.3. The monoisotopic (exact) mass is 334 g/mol. The molecule has 0 heterocycles. The minimum atomic E-state index is -0.358. The van der Waals surface area contributed by atoms with Crippen LogP contribution >= 0.6 is 22.6 Å². The fraction of sp³-hybridized carbons (Fsp3) is 0.455. The first-order valence-corrected chi connectivity index (χ1v) is 6.36. The molecule has 1 aromatic rings. The van der Waals surface area contributed by atoms with E-state index in [-0.39, 0.29) is 10.6 Å². The molecule has 1 aromatic carbocycles. The summed E-state index contributed by atoms with van der Waals surface area (Å²) in [6.07, 6.45) is 2.09. The van der Waals surface area contributed by atoms with Crippen LogP contribution in [0.1, 0.15) is 26.7 Å². The summed E-state index contributed by atoms with van der Waals surface area (Å²) >= 11 is 1.99. The van der Waals surface area contributed by atoms with E-state index in [1.165, 1.54) is 0 Å². The average molecular weight is 334 g/mol. The molecular formula is C11H15IN2O2. The molecule has 0 bridgehead atoms. The molecule has 0 aliphatic rings. The van der Waals surface area contributed by atoms with Gasteiger partial charge in [-0.15, -0.1) is 0 Å². The number of nitro groups is 1. The van der Waals surface area contributed by atoms with E-state index in [9.17, 15) is 10.1 Å². The molecule has 0 aliphatic carbocycles. The van der Waals surface area contributed by atoms with Gasteiger partial charge in [0.1, 0.15) is 0 Å². The first kappa shape index (κ1) is 13.2. The van der Waals surface area contributed by atoms with Crippen molar-refractivity contribution >= 4 is 34.0 Å². The molecule has 16 heavy (non-hydrogen) atoms. The molecule has 0 amide bonds. The number of rotatable bonds is 5. The van der Waals surface area contributed by atoms with Crippen molar-refractivity contribution in [2.24, 2.45) is 0 Å². The molecule has 5 heteroatoms. The molecule has 0 aliphatic heterocycles. The maximum Gasteiger partial charge on any atom is 0.282 e. The van der Waals surface area contributed by atoms with Gasteiger partial charge in [0, 0.05) is 17.8 Å². The highest BCUT2D eigenvalue weighted by Crippen LogP contribution is 2.24. The predicted octanol–water partition coefficient (Wildman–Crippen LogP) is 3.80. The standard InChI is InChI=1S/C11H15IN2O2/c1-3-8(4-2)13-9-5-6-11(14(15)16)10(12)7-9/h5-8,13H,3-4H2,1-2H3. The van der Waals surface area contributed by atoms with Crippen LogP contribution in [0.2, 0.25) is 0 Å². The van der Waals surface area contributed by atoms with Crippen molar-refractivity contribution in [2.45, 2.75) is 32.7 Å². The van der Waals surface area contributed by atoms with Gasteiger partial charge >= 0.3 is 0 Å². The summed E-state index contributed by atoms with van der Waals surface area (Å²) in [5, 5.41) is 14.0. The molecule has 1 rings (SSSR count). The fourth-order valence-corrected chi connectivity index (χ4v) is 2.19. The number of nitro benzene ring substituents is 1. The van der Waals surface area contributed by atoms with E-state index in [1.807, 2.05) is 28.7 Å². The number of halogens is 1. The second-order valence-corrected chi connectivity index (χ2v) is 4.74. The zero-order valence-electron chi connectivity index (χ0n) is 9.37. The maximum absolute atomic E-state index is 10.6. The largest absolute Gasteiger partial charge is 0.382 e. The fourth-order valence-electron chi connectivity index (χ4n) is 1.47. The smallest absolute Gasteiger partial charge is 0.282 e. The van der Waals surface area contributed by atoms with Crippen molar-refractivity contribution in [1.29, 1.82) is 0 Å². The van der Waals surface area contributed by atoms with Crippen molar-refractivity contribution in [1.82, 2.24) is 0 Å². The highest BCUT2D eigenvalue weighted by Gasteiger charge is 2.12. The Morgan fingerprint density at radius 1 is 1.44 bits per heavy atom. The molecule has 0 fully saturated rings. The van der Waals surface area contributed by atoms with Gasteiger partial charge in [-0.2, -0.15) is 0 Å². The third kappa shape index (κ3) is 3.33. The number of benzene rings is 1. The van der Waals surface area contributed by atoms with Crippen LogP contribution in [0.25, 0.3) is 0 Å². The van der Waals surface area contributed by atoms with Gasteiger partial charge < -0.3 is 5.32 Å². The van der Waals surface area contributed by atoms with Gasteiger partial charge in [-0.3, -0.25) is 10.1 Å². The van der Waals surface area contributed by atoms with Crippen LogP contribution in [0, 0.1) is 13.7 Å². The van der Waals surface area contributed by atoms with E-state index >= 15 is 0 Å². The van der Waals surface area contributed by atoms with Gasteiger partial charge in [-0.1, -0.05) is 13.8 Å².